The highest BCUT2D eigenvalue weighted by molar-refractivity contribution is 5.90. The molecule has 0 radical (unpaired) electrons. The average Bonchev–Trinajstić information content (AvgIpc) is 2.79. The number of piperidine rings is 1. The SMILES string of the molecule is C/C(=C\CNC(=O)C(NC(=O)C1CCCCN1C(C)C)C(C)C)C(=O)O.CC.CC.CCC. The summed E-state index contributed by atoms with van der Waals surface area (Å²) in [6.07, 6.45) is 5.60. The molecule has 1 heterocycles. The van der Waals surface area contributed by atoms with Crippen LogP contribution in [0.1, 0.15) is 102 Å². The maximum Gasteiger partial charge on any atom is 0.331 e. The third kappa shape index (κ3) is 15.6. The van der Waals surface area contributed by atoms with Crippen LogP contribution in [0, 0.1) is 5.92 Å². The zero-order valence-electron chi connectivity index (χ0n) is 23.2. The molecule has 2 atom stereocenters. The van der Waals surface area contributed by atoms with Crippen molar-refractivity contribution in [2.24, 2.45) is 5.92 Å². The lowest BCUT2D eigenvalue weighted by Crippen LogP contribution is -2.57. The Morgan fingerprint density at radius 3 is 1.97 bits per heavy atom. The number of carbonyl (C=O) groups excluding carboxylic acids is 2. The highest BCUT2D eigenvalue weighted by Crippen LogP contribution is 2.20. The summed E-state index contributed by atoms with van der Waals surface area (Å²) in [7, 11) is 0. The van der Waals surface area contributed by atoms with Gasteiger partial charge in [0, 0.05) is 18.2 Å². The minimum Gasteiger partial charge on any atom is -0.478 e. The summed E-state index contributed by atoms with van der Waals surface area (Å²) in [5.41, 5.74) is 0.171. The van der Waals surface area contributed by atoms with Crippen molar-refractivity contribution in [3.05, 3.63) is 11.6 Å². The van der Waals surface area contributed by atoms with Crippen LogP contribution >= 0.6 is 0 Å². The zero-order valence-corrected chi connectivity index (χ0v) is 23.2. The van der Waals surface area contributed by atoms with Crippen molar-refractivity contribution in [2.75, 3.05) is 13.1 Å². The first-order valence-electron chi connectivity index (χ1n) is 12.8. The van der Waals surface area contributed by atoms with Crippen molar-refractivity contribution in [3.8, 4) is 0 Å². The number of carboxylic acid groups (broad SMARTS) is 1. The van der Waals surface area contributed by atoms with Gasteiger partial charge in [-0.25, -0.2) is 4.79 Å². The van der Waals surface area contributed by atoms with Gasteiger partial charge in [0.25, 0.3) is 0 Å². The van der Waals surface area contributed by atoms with Gasteiger partial charge >= 0.3 is 5.97 Å². The fourth-order valence-corrected chi connectivity index (χ4v) is 3.14. The first kappa shape index (κ1) is 35.7. The third-order valence-electron chi connectivity index (χ3n) is 4.78. The molecular formula is C26H53N3O4. The number of hydrogen-bond donors (Lipinski definition) is 3. The van der Waals surface area contributed by atoms with Crippen LogP contribution in [0.3, 0.4) is 0 Å². The number of nitrogens with one attached hydrogen (secondary N) is 2. The van der Waals surface area contributed by atoms with Gasteiger partial charge in [0.1, 0.15) is 6.04 Å². The first-order valence-corrected chi connectivity index (χ1v) is 12.8. The molecule has 196 valence electrons. The van der Waals surface area contributed by atoms with E-state index < -0.39 is 12.0 Å². The molecule has 0 aliphatic carbocycles. The molecule has 0 aromatic carbocycles. The molecule has 1 saturated heterocycles. The number of likely N-dealkylation sites (tertiary alicyclic amines) is 1. The molecule has 33 heavy (non-hydrogen) atoms. The predicted octanol–water partition coefficient (Wildman–Crippen LogP) is 5.01. The van der Waals surface area contributed by atoms with E-state index >= 15 is 0 Å². The van der Waals surface area contributed by atoms with Gasteiger partial charge in [0.15, 0.2) is 0 Å². The predicted molar refractivity (Wildman–Crippen MR) is 139 cm³/mol. The number of amides is 2. The molecule has 0 spiro atoms. The molecule has 1 fully saturated rings. The number of nitrogens with zero attached hydrogens (tertiary/aromatic N) is 1. The molecule has 3 N–H and O–H groups in total. The largest absolute Gasteiger partial charge is 0.478 e. The maximum absolute atomic E-state index is 12.8. The van der Waals surface area contributed by atoms with E-state index in [0.29, 0.717) is 0 Å². The Bertz CT molecular complexity index is 560. The molecule has 2 unspecified atom stereocenters. The van der Waals surface area contributed by atoms with E-state index in [1.165, 1.54) is 19.4 Å². The van der Waals surface area contributed by atoms with Crippen LogP contribution in [0.2, 0.25) is 0 Å². The van der Waals surface area contributed by atoms with E-state index in [0.717, 1.165) is 25.8 Å². The second-order valence-corrected chi connectivity index (χ2v) is 8.22. The van der Waals surface area contributed by atoms with Crippen LogP contribution in [-0.4, -0.2) is 59.0 Å². The molecule has 0 aromatic heterocycles. The van der Waals surface area contributed by atoms with Crippen LogP contribution in [0.15, 0.2) is 11.6 Å². The van der Waals surface area contributed by atoms with Gasteiger partial charge in [0.2, 0.25) is 11.8 Å². The molecule has 1 aliphatic rings. The van der Waals surface area contributed by atoms with Gasteiger partial charge in [-0.1, -0.05) is 74.3 Å². The van der Waals surface area contributed by atoms with Gasteiger partial charge in [-0.15, -0.1) is 0 Å². The molecule has 1 aliphatic heterocycles. The molecule has 1 rings (SSSR count). The fraction of sp³-hybridized carbons (Fsp3) is 0.808. The summed E-state index contributed by atoms with van der Waals surface area (Å²) < 4.78 is 0. The smallest absolute Gasteiger partial charge is 0.331 e. The summed E-state index contributed by atoms with van der Waals surface area (Å²) in [6.45, 7) is 22.7. The van der Waals surface area contributed by atoms with Crippen LogP contribution in [0.4, 0.5) is 0 Å². The molecule has 2 amide bonds. The Kier molecular flexibility index (Phi) is 23.7. The molecular weight excluding hydrogens is 418 g/mol. The van der Waals surface area contributed by atoms with E-state index in [4.69, 9.17) is 5.11 Å². The lowest BCUT2D eigenvalue weighted by molar-refractivity contribution is -0.134. The summed E-state index contributed by atoms with van der Waals surface area (Å²) in [5, 5.41) is 14.4. The highest BCUT2D eigenvalue weighted by Gasteiger charge is 2.33. The number of rotatable bonds is 8. The summed E-state index contributed by atoms with van der Waals surface area (Å²) >= 11 is 0. The molecule has 0 saturated carbocycles. The van der Waals surface area contributed by atoms with Gasteiger partial charge < -0.3 is 15.7 Å². The standard InChI is InChI=1S/C19H33N3O4.C3H8.2C2H6/c1-12(2)16(18(24)20-10-9-14(5)19(25)26)21-17(23)15-8-6-7-11-22(15)13(3)4;1-3-2;2*1-2/h9,12-13,15-16H,6-8,10-11H2,1-5H3,(H,20,24)(H,21,23)(H,25,26);3H2,1-2H3;2*1-2H3/b14-9+;;;. The number of carbonyl (C=O) groups is 3. The van der Waals surface area contributed by atoms with Gasteiger partial charge in [-0.2, -0.15) is 0 Å². The normalized spacial score (nSPS) is 16.8. The van der Waals surface area contributed by atoms with Crippen LogP contribution in [0.25, 0.3) is 0 Å². The van der Waals surface area contributed by atoms with Crippen LogP contribution in [-0.2, 0) is 14.4 Å². The van der Waals surface area contributed by atoms with E-state index in [-0.39, 0.29) is 41.9 Å². The van der Waals surface area contributed by atoms with E-state index in [1.54, 1.807) is 0 Å². The lowest BCUT2D eigenvalue weighted by atomic mass is 9.97. The van der Waals surface area contributed by atoms with Crippen LogP contribution < -0.4 is 10.6 Å². The summed E-state index contributed by atoms with van der Waals surface area (Å²) in [6, 6.07) is -0.564. The minimum atomic E-state index is -1.01. The first-order chi connectivity index (χ1) is 15.6. The molecule has 7 heteroatoms. The second-order valence-electron chi connectivity index (χ2n) is 8.22. The maximum atomic E-state index is 12.8. The van der Waals surface area contributed by atoms with Crippen LogP contribution in [0.5, 0.6) is 0 Å². The molecule has 0 bridgehead atoms. The highest BCUT2D eigenvalue weighted by atomic mass is 16.4. The van der Waals surface area contributed by atoms with Crippen molar-refractivity contribution in [3.63, 3.8) is 0 Å². The summed E-state index contributed by atoms with van der Waals surface area (Å²) in [5.74, 6) is -1.49. The summed E-state index contributed by atoms with van der Waals surface area (Å²) in [4.78, 5) is 38.2. The van der Waals surface area contributed by atoms with E-state index in [9.17, 15) is 14.4 Å². The Balaban J connectivity index is -0.00000115. The number of hydrogen-bond acceptors (Lipinski definition) is 4. The Morgan fingerprint density at radius 1 is 1.03 bits per heavy atom. The Morgan fingerprint density at radius 2 is 1.55 bits per heavy atom. The van der Waals surface area contributed by atoms with Crippen molar-refractivity contribution in [1.82, 2.24) is 15.5 Å². The quantitative estimate of drug-likeness (QED) is 0.432. The van der Waals surface area contributed by atoms with Crippen molar-refractivity contribution >= 4 is 17.8 Å². The van der Waals surface area contributed by atoms with Gasteiger partial charge in [-0.05, 0) is 46.1 Å². The van der Waals surface area contributed by atoms with Gasteiger partial charge in [-0.3, -0.25) is 14.5 Å². The van der Waals surface area contributed by atoms with E-state index in [1.807, 2.05) is 41.5 Å². The number of aliphatic carboxylic acids is 1. The third-order valence-corrected chi connectivity index (χ3v) is 4.78. The Hall–Kier alpha value is -1.89. The fourth-order valence-electron chi connectivity index (χ4n) is 3.14. The van der Waals surface area contributed by atoms with Gasteiger partial charge in [0.05, 0.1) is 6.04 Å². The topological polar surface area (TPSA) is 98.7 Å². The average molecular weight is 472 g/mol. The number of carboxylic acids is 1. The Labute approximate surface area is 203 Å². The van der Waals surface area contributed by atoms with Crippen molar-refractivity contribution in [2.45, 2.75) is 120 Å². The zero-order chi connectivity index (χ0) is 26.6. The second kappa shape index (κ2) is 21.9. The monoisotopic (exact) mass is 471 g/mol. The van der Waals surface area contributed by atoms with E-state index in [2.05, 4.69) is 43.2 Å². The molecule has 7 nitrogen and oxygen atoms in total. The minimum absolute atomic E-state index is 0.0698. The van der Waals surface area contributed by atoms with Crippen molar-refractivity contribution < 1.29 is 19.5 Å². The molecule has 0 aromatic rings. The van der Waals surface area contributed by atoms with Crippen molar-refractivity contribution in [1.29, 1.82) is 0 Å². The lowest BCUT2D eigenvalue weighted by Gasteiger charge is -2.38.